The van der Waals surface area contributed by atoms with Gasteiger partial charge in [-0.05, 0) is 17.8 Å². The number of halogens is 1. The third-order valence-corrected chi connectivity index (χ3v) is 3.27. The van der Waals surface area contributed by atoms with Crippen LogP contribution in [-0.4, -0.2) is 32.7 Å². The maximum absolute atomic E-state index is 11.9. The lowest BCUT2D eigenvalue weighted by Gasteiger charge is -2.31. The Kier molecular flexibility index (Phi) is 7.16. The van der Waals surface area contributed by atoms with Crippen LogP contribution in [0.5, 0.6) is 0 Å². The highest BCUT2D eigenvalue weighted by Crippen LogP contribution is 2.13. The molecule has 0 aliphatic heterocycles. The number of hydrogen-bond acceptors (Lipinski definition) is 5. The number of nitrogens with two attached hydrogens (primary N) is 1. The first kappa shape index (κ1) is 18.3. The van der Waals surface area contributed by atoms with Gasteiger partial charge in [0.1, 0.15) is 6.54 Å². The predicted molar refractivity (Wildman–Crippen MR) is 76.6 cm³/mol. The van der Waals surface area contributed by atoms with Gasteiger partial charge in [-0.2, -0.15) is 4.68 Å². The Morgan fingerprint density at radius 1 is 1.55 bits per heavy atom. The zero-order valence-corrected chi connectivity index (χ0v) is 12.4. The number of carbonyl (C=O) groups excluding carboxylic acids is 1. The summed E-state index contributed by atoms with van der Waals surface area (Å²) in [5, 5.41) is 17.0. The summed E-state index contributed by atoms with van der Waals surface area (Å²) in [4.78, 5) is 21.8. The van der Waals surface area contributed by atoms with E-state index >= 15 is 0 Å². The molecule has 0 saturated heterocycles. The highest BCUT2D eigenvalue weighted by Gasteiger charge is 2.26. The van der Waals surface area contributed by atoms with Crippen molar-refractivity contribution in [2.75, 3.05) is 6.54 Å². The van der Waals surface area contributed by atoms with E-state index in [0.29, 0.717) is 6.54 Å². The van der Waals surface area contributed by atoms with Gasteiger partial charge < -0.3 is 21.2 Å². The molecule has 0 aliphatic rings. The summed E-state index contributed by atoms with van der Waals surface area (Å²) in [5.74, 6) is -0.531. The molecule has 0 fully saturated rings. The van der Waals surface area contributed by atoms with E-state index in [1.807, 2.05) is 13.8 Å². The minimum absolute atomic E-state index is 0. The Balaban J connectivity index is 0.00000361. The quantitative estimate of drug-likeness (QED) is 0.572. The van der Waals surface area contributed by atoms with Gasteiger partial charge in [0.15, 0.2) is 0 Å². The molecule has 0 saturated carbocycles. The summed E-state index contributed by atoms with van der Waals surface area (Å²) in [7, 11) is 0. The van der Waals surface area contributed by atoms with Gasteiger partial charge in [-0.15, -0.1) is 12.4 Å². The molecule has 0 aliphatic carbocycles. The van der Waals surface area contributed by atoms with Crippen LogP contribution in [0.25, 0.3) is 0 Å². The van der Waals surface area contributed by atoms with Crippen molar-refractivity contribution in [1.82, 2.24) is 15.1 Å². The van der Waals surface area contributed by atoms with Crippen LogP contribution < -0.4 is 11.1 Å². The second-order valence-electron chi connectivity index (χ2n) is 4.37. The fraction of sp³-hybridized carbons (Fsp3) is 0.636. The average molecular weight is 306 g/mol. The number of aromatic nitrogens is 2. The summed E-state index contributed by atoms with van der Waals surface area (Å²) in [6.45, 7) is 4.20. The molecule has 1 heterocycles. The first-order valence-electron chi connectivity index (χ1n) is 6.15. The Morgan fingerprint density at radius 2 is 2.15 bits per heavy atom. The van der Waals surface area contributed by atoms with Crippen LogP contribution in [-0.2, 0) is 11.3 Å². The third-order valence-electron chi connectivity index (χ3n) is 3.27. The number of nitrogens with one attached hydrogen (secondary N) is 1. The number of hydrogen-bond donors (Lipinski definition) is 2. The van der Waals surface area contributed by atoms with E-state index < -0.39 is 10.5 Å². The lowest BCUT2D eigenvalue weighted by Crippen LogP contribution is -2.53. The first-order chi connectivity index (χ1) is 8.96. The van der Waals surface area contributed by atoms with Gasteiger partial charge in [0.2, 0.25) is 5.91 Å². The molecule has 1 aromatic rings. The Bertz CT molecular complexity index is 450. The summed E-state index contributed by atoms with van der Waals surface area (Å²) in [6.07, 6.45) is 2.86. The molecule has 1 amide bonds. The van der Waals surface area contributed by atoms with Crippen molar-refractivity contribution in [1.29, 1.82) is 0 Å². The minimum Gasteiger partial charge on any atom is -0.358 e. The predicted octanol–water partition coefficient (Wildman–Crippen LogP) is 0.847. The molecule has 9 heteroatoms. The van der Waals surface area contributed by atoms with Crippen LogP contribution in [0.3, 0.4) is 0 Å². The SMILES string of the molecule is CCC(CC)(CN)NC(=O)Cn1ccc([N+](=O)[O-])n1.Cl. The summed E-state index contributed by atoms with van der Waals surface area (Å²) in [6, 6.07) is 1.25. The van der Waals surface area contributed by atoms with Gasteiger partial charge in [-0.1, -0.05) is 13.8 Å². The van der Waals surface area contributed by atoms with E-state index in [9.17, 15) is 14.9 Å². The van der Waals surface area contributed by atoms with Crippen molar-refractivity contribution < 1.29 is 9.72 Å². The number of nitrogens with zero attached hydrogens (tertiary/aromatic N) is 3. The van der Waals surface area contributed by atoms with Crippen LogP contribution in [0.2, 0.25) is 0 Å². The highest BCUT2D eigenvalue weighted by molar-refractivity contribution is 5.85. The van der Waals surface area contributed by atoms with Crippen LogP contribution in [0, 0.1) is 10.1 Å². The number of rotatable bonds is 7. The van der Waals surface area contributed by atoms with Gasteiger partial charge in [-0.3, -0.25) is 4.79 Å². The van der Waals surface area contributed by atoms with Crippen molar-refractivity contribution in [3.05, 3.63) is 22.4 Å². The van der Waals surface area contributed by atoms with Gasteiger partial charge >= 0.3 is 5.82 Å². The average Bonchev–Trinajstić information content (AvgIpc) is 2.84. The van der Waals surface area contributed by atoms with Gasteiger partial charge in [0, 0.05) is 6.54 Å². The molecular formula is C11H20ClN5O3. The molecule has 0 spiro atoms. The van der Waals surface area contributed by atoms with Crippen molar-refractivity contribution in [2.24, 2.45) is 5.73 Å². The Morgan fingerprint density at radius 3 is 2.55 bits per heavy atom. The van der Waals surface area contributed by atoms with E-state index in [2.05, 4.69) is 10.4 Å². The van der Waals surface area contributed by atoms with Crippen molar-refractivity contribution in [3.63, 3.8) is 0 Å². The molecule has 1 rings (SSSR count). The van der Waals surface area contributed by atoms with Crippen LogP contribution in [0.15, 0.2) is 12.3 Å². The minimum atomic E-state index is -0.601. The summed E-state index contributed by atoms with van der Waals surface area (Å²) < 4.78 is 1.24. The number of carbonyl (C=O) groups is 1. The second-order valence-corrected chi connectivity index (χ2v) is 4.37. The molecule has 114 valence electrons. The van der Waals surface area contributed by atoms with Gasteiger partial charge in [0.05, 0.1) is 22.9 Å². The number of amides is 1. The zero-order valence-electron chi connectivity index (χ0n) is 11.5. The van der Waals surface area contributed by atoms with Crippen molar-refractivity contribution in [3.8, 4) is 0 Å². The van der Waals surface area contributed by atoms with Gasteiger partial charge in [-0.25, -0.2) is 0 Å². The molecule has 0 bridgehead atoms. The third kappa shape index (κ3) is 4.46. The van der Waals surface area contributed by atoms with Crippen molar-refractivity contribution in [2.45, 2.75) is 38.8 Å². The van der Waals surface area contributed by atoms with E-state index in [0.717, 1.165) is 12.8 Å². The van der Waals surface area contributed by atoms with Gasteiger partial charge in [0.25, 0.3) is 0 Å². The molecule has 0 aromatic carbocycles. The lowest BCUT2D eigenvalue weighted by atomic mass is 9.93. The topological polar surface area (TPSA) is 116 Å². The van der Waals surface area contributed by atoms with E-state index in [1.54, 1.807) is 0 Å². The molecular weight excluding hydrogens is 286 g/mol. The molecule has 3 N–H and O–H groups in total. The largest absolute Gasteiger partial charge is 0.389 e. The Labute approximate surface area is 123 Å². The first-order valence-corrected chi connectivity index (χ1v) is 6.15. The molecule has 0 radical (unpaired) electrons. The second kappa shape index (κ2) is 7.81. The molecule has 0 atom stereocenters. The van der Waals surface area contributed by atoms with Crippen molar-refractivity contribution >= 4 is 24.1 Å². The van der Waals surface area contributed by atoms with Crippen LogP contribution >= 0.6 is 12.4 Å². The summed E-state index contributed by atoms with van der Waals surface area (Å²) >= 11 is 0. The normalized spacial score (nSPS) is 10.8. The Hall–Kier alpha value is -1.67. The van der Waals surface area contributed by atoms with E-state index in [4.69, 9.17) is 5.73 Å². The lowest BCUT2D eigenvalue weighted by molar-refractivity contribution is -0.389. The molecule has 1 aromatic heterocycles. The van der Waals surface area contributed by atoms with E-state index in [1.165, 1.54) is 16.9 Å². The zero-order chi connectivity index (χ0) is 14.5. The summed E-state index contributed by atoms with van der Waals surface area (Å²) in [5.41, 5.74) is 5.27. The number of nitro groups is 1. The molecule has 20 heavy (non-hydrogen) atoms. The monoisotopic (exact) mass is 305 g/mol. The van der Waals surface area contributed by atoms with Crippen LogP contribution in [0.4, 0.5) is 5.82 Å². The maximum atomic E-state index is 11.9. The fourth-order valence-corrected chi connectivity index (χ4v) is 1.79. The van der Waals surface area contributed by atoms with E-state index in [-0.39, 0.29) is 30.7 Å². The molecule has 8 nitrogen and oxygen atoms in total. The maximum Gasteiger partial charge on any atom is 0.389 e. The smallest absolute Gasteiger partial charge is 0.358 e. The van der Waals surface area contributed by atoms with Crippen LogP contribution in [0.1, 0.15) is 26.7 Å². The highest BCUT2D eigenvalue weighted by atomic mass is 35.5. The standard InChI is InChI=1S/C11H19N5O3.ClH/c1-3-11(4-2,8-12)13-10(17)7-15-6-5-9(14-15)16(18)19;/h5-6H,3-4,7-8,12H2,1-2H3,(H,13,17);1H. The fourth-order valence-electron chi connectivity index (χ4n) is 1.79. The molecule has 0 unspecified atom stereocenters.